The van der Waals surface area contributed by atoms with Crippen LogP contribution in [-0.2, 0) is 24.2 Å². The van der Waals surface area contributed by atoms with Gasteiger partial charge in [0.1, 0.15) is 6.61 Å². The molecule has 0 radical (unpaired) electrons. The molecule has 0 saturated carbocycles. The van der Waals surface area contributed by atoms with Crippen LogP contribution in [0, 0.1) is 13.8 Å². The topological polar surface area (TPSA) is 55.0 Å². The summed E-state index contributed by atoms with van der Waals surface area (Å²) in [5.41, 5.74) is 7.53. The molecule has 31 heavy (non-hydrogen) atoms. The van der Waals surface area contributed by atoms with E-state index < -0.39 is 5.97 Å². The maximum atomic E-state index is 12.7. The second kappa shape index (κ2) is 9.43. The second-order valence-electron chi connectivity index (χ2n) is 7.90. The number of aromatic amines is 1. The first-order chi connectivity index (χ1) is 15.1. The highest BCUT2D eigenvalue weighted by molar-refractivity contribution is 5.85. The van der Waals surface area contributed by atoms with E-state index in [1.54, 1.807) is 0 Å². The molecule has 0 saturated heterocycles. The standard InChI is InChI=1S/C27H26N2O2/c1-19-8-12-21(13-9-19)16-24-25(17-22-14-10-20(2)11-15-22)29-26(28-24)27(30)31-18-23-6-4-3-5-7-23/h3-15H,16-18H2,1-2H3,(H,28,29). The molecule has 1 N–H and O–H groups in total. The first-order valence-corrected chi connectivity index (χ1v) is 10.5. The highest BCUT2D eigenvalue weighted by atomic mass is 16.5. The van der Waals surface area contributed by atoms with Gasteiger partial charge in [0.25, 0.3) is 0 Å². The number of H-pyrrole nitrogens is 1. The van der Waals surface area contributed by atoms with E-state index in [1.165, 1.54) is 16.7 Å². The molecule has 0 fully saturated rings. The highest BCUT2D eigenvalue weighted by Gasteiger charge is 2.18. The minimum absolute atomic E-state index is 0.223. The van der Waals surface area contributed by atoms with Crippen molar-refractivity contribution < 1.29 is 9.53 Å². The number of hydrogen-bond acceptors (Lipinski definition) is 3. The number of aromatic nitrogens is 2. The lowest BCUT2D eigenvalue weighted by atomic mass is 10.0. The van der Waals surface area contributed by atoms with Gasteiger partial charge in [-0.3, -0.25) is 0 Å². The van der Waals surface area contributed by atoms with Crippen LogP contribution in [0.4, 0.5) is 0 Å². The van der Waals surface area contributed by atoms with Crippen LogP contribution in [0.5, 0.6) is 0 Å². The van der Waals surface area contributed by atoms with E-state index in [0.717, 1.165) is 22.5 Å². The summed E-state index contributed by atoms with van der Waals surface area (Å²) in [4.78, 5) is 20.5. The van der Waals surface area contributed by atoms with Crippen molar-refractivity contribution in [2.75, 3.05) is 0 Å². The Kier molecular flexibility index (Phi) is 6.27. The Labute approximate surface area is 182 Å². The van der Waals surface area contributed by atoms with E-state index in [4.69, 9.17) is 4.74 Å². The molecule has 4 aromatic rings. The summed E-state index contributed by atoms with van der Waals surface area (Å²) in [5, 5.41) is 0. The summed E-state index contributed by atoms with van der Waals surface area (Å²) in [6.45, 7) is 4.37. The fraction of sp³-hybridized carbons (Fsp3) is 0.185. The minimum atomic E-state index is -0.441. The minimum Gasteiger partial charge on any atom is -0.455 e. The highest BCUT2D eigenvalue weighted by Crippen LogP contribution is 2.18. The van der Waals surface area contributed by atoms with Crippen LogP contribution in [0.1, 0.15) is 49.8 Å². The number of hydrogen-bond donors (Lipinski definition) is 1. The fourth-order valence-corrected chi connectivity index (χ4v) is 3.44. The average molecular weight is 411 g/mol. The Bertz CT molecular complexity index is 1080. The smallest absolute Gasteiger partial charge is 0.374 e. The zero-order valence-corrected chi connectivity index (χ0v) is 17.9. The lowest BCUT2D eigenvalue weighted by Gasteiger charge is -2.05. The second-order valence-corrected chi connectivity index (χ2v) is 7.90. The molecular formula is C27H26N2O2. The molecule has 0 amide bonds. The molecule has 156 valence electrons. The van der Waals surface area contributed by atoms with Crippen LogP contribution in [-0.4, -0.2) is 15.9 Å². The number of esters is 1. The van der Waals surface area contributed by atoms with Crippen LogP contribution in [0.25, 0.3) is 0 Å². The third kappa shape index (κ3) is 5.48. The quantitative estimate of drug-likeness (QED) is 0.406. The van der Waals surface area contributed by atoms with Crippen molar-refractivity contribution in [1.29, 1.82) is 0 Å². The fourth-order valence-electron chi connectivity index (χ4n) is 3.44. The van der Waals surface area contributed by atoms with Crippen LogP contribution in [0.2, 0.25) is 0 Å². The van der Waals surface area contributed by atoms with E-state index in [1.807, 2.05) is 30.3 Å². The summed E-state index contributed by atoms with van der Waals surface area (Å²) in [5.74, 6) is -0.190. The monoisotopic (exact) mass is 410 g/mol. The Balaban J connectivity index is 1.56. The summed E-state index contributed by atoms with van der Waals surface area (Å²) < 4.78 is 5.48. The molecule has 4 heteroatoms. The van der Waals surface area contributed by atoms with Gasteiger partial charge in [0, 0.05) is 18.5 Å². The van der Waals surface area contributed by atoms with Crippen molar-refractivity contribution in [1.82, 2.24) is 9.97 Å². The molecule has 0 spiro atoms. The zero-order chi connectivity index (χ0) is 21.6. The summed E-state index contributed by atoms with van der Waals surface area (Å²) in [6.07, 6.45) is 1.34. The van der Waals surface area contributed by atoms with Gasteiger partial charge in [0.05, 0.1) is 5.69 Å². The Morgan fingerprint density at radius 2 is 1.35 bits per heavy atom. The van der Waals surface area contributed by atoms with Gasteiger partial charge in [-0.2, -0.15) is 0 Å². The molecule has 0 aliphatic rings. The number of nitrogens with one attached hydrogen (secondary N) is 1. The van der Waals surface area contributed by atoms with E-state index in [2.05, 4.69) is 72.3 Å². The molecule has 1 aromatic heterocycles. The number of carbonyl (C=O) groups is 1. The van der Waals surface area contributed by atoms with Crippen molar-refractivity contribution in [3.63, 3.8) is 0 Å². The van der Waals surface area contributed by atoms with Gasteiger partial charge < -0.3 is 9.72 Å². The summed E-state index contributed by atoms with van der Waals surface area (Å²) >= 11 is 0. The van der Waals surface area contributed by atoms with Gasteiger partial charge in [0.15, 0.2) is 0 Å². The third-order valence-corrected chi connectivity index (χ3v) is 5.26. The van der Waals surface area contributed by atoms with Gasteiger partial charge in [-0.15, -0.1) is 0 Å². The van der Waals surface area contributed by atoms with Crippen molar-refractivity contribution in [3.05, 3.63) is 124 Å². The Hall–Kier alpha value is -3.66. The predicted octanol–water partition coefficient (Wildman–Crippen LogP) is 5.57. The molecule has 0 aliphatic carbocycles. The van der Waals surface area contributed by atoms with Crippen LogP contribution in [0.15, 0.2) is 78.9 Å². The average Bonchev–Trinajstić information content (AvgIpc) is 3.18. The number of nitrogens with zero attached hydrogens (tertiary/aromatic N) is 1. The maximum absolute atomic E-state index is 12.7. The lowest BCUT2D eigenvalue weighted by Crippen LogP contribution is -2.07. The lowest BCUT2D eigenvalue weighted by molar-refractivity contribution is 0.0459. The molecular weight excluding hydrogens is 384 g/mol. The van der Waals surface area contributed by atoms with Crippen molar-refractivity contribution in [2.45, 2.75) is 33.3 Å². The number of ether oxygens (including phenoxy) is 1. The van der Waals surface area contributed by atoms with Gasteiger partial charge in [-0.1, -0.05) is 90.0 Å². The first kappa shape index (κ1) is 20.6. The van der Waals surface area contributed by atoms with E-state index in [-0.39, 0.29) is 12.4 Å². The number of rotatable bonds is 7. The van der Waals surface area contributed by atoms with Crippen LogP contribution < -0.4 is 0 Å². The van der Waals surface area contributed by atoms with Gasteiger partial charge in [-0.05, 0) is 30.5 Å². The summed E-state index contributed by atoms with van der Waals surface area (Å²) in [7, 11) is 0. The molecule has 0 unspecified atom stereocenters. The number of carbonyl (C=O) groups excluding carboxylic acids is 1. The molecule has 1 heterocycles. The normalized spacial score (nSPS) is 10.8. The van der Waals surface area contributed by atoms with Crippen molar-refractivity contribution in [3.8, 4) is 0 Å². The maximum Gasteiger partial charge on any atom is 0.374 e. The molecule has 0 atom stereocenters. The molecule has 4 nitrogen and oxygen atoms in total. The molecule has 3 aromatic carbocycles. The van der Waals surface area contributed by atoms with Crippen molar-refractivity contribution >= 4 is 5.97 Å². The predicted molar refractivity (Wildman–Crippen MR) is 122 cm³/mol. The molecule has 4 rings (SSSR count). The zero-order valence-electron chi connectivity index (χ0n) is 17.9. The summed E-state index contributed by atoms with van der Waals surface area (Å²) in [6, 6.07) is 26.5. The third-order valence-electron chi connectivity index (χ3n) is 5.26. The number of benzene rings is 3. The number of aryl methyl sites for hydroxylation is 2. The SMILES string of the molecule is Cc1ccc(Cc2nc(C(=O)OCc3ccccc3)[nH]c2Cc2ccc(C)cc2)cc1. The van der Waals surface area contributed by atoms with Crippen molar-refractivity contribution in [2.24, 2.45) is 0 Å². The largest absolute Gasteiger partial charge is 0.455 e. The van der Waals surface area contributed by atoms with E-state index in [0.29, 0.717) is 12.8 Å². The number of imidazole rings is 1. The first-order valence-electron chi connectivity index (χ1n) is 10.5. The van der Waals surface area contributed by atoms with Gasteiger partial charge in [-0.25, -0.2) is 9.78 Å². The van der Waals surface area contributed by atoms with Crippen LogP contribution in [0.3, 0.4) is 0 Å². The van der Waals surface area contributed by atoms with Gasteiger partial charge in [0.2, 0.25) is 5.82 Å². The van der Waals surface area contributed by atoms with E-state index in [9.17, 15) is 4.79 Å². The molecule has 0 bridgehead atoms. The Morgan fingerprint density at radius 1 is 0.774 bits per heavy atom. The Morgan fingerprint density at radius 3 is 1.97 bits per heavy atom. The van der Waals surface area contributed by atoms with Gasteiger partial charge >= 0.3 is 5.97 Å². The van der Waals surface area contributed by atoms with E-state index >= 15 is 0 Å². The molecule has 0 aliphatic heterocycles. The van der Waals surface area contributed by atoms with Crippen LogP contribution >= 0.6 is 0 Å².